The molecule has 74 valence electrons. The first-order chi connectivity index (χ1) is 6.76. The lowest BCUT2D eigenvalue weighted by Crippen LogP contribution is -2.36. The van der Waals surface area contributed by atoms with E-state index in [0.717, 1.165) is 5.56 Å². The van der Waals surface area contributed by atoms with Gasteiger partial charge in [0, 0.05) is 12.5 Å². The molecule has 1 rings (SSSR count). The van der Waals surface area contributed by atoms with Crippen molar-refractivity contribution >= 4 is 0 Å². The van der Waals surface area contributed by atoms with Gasteiger partial charge in [0.15, 0.2) is 0 Å². The van der Waals surface area contributed by atoms with Crippen LogP contribution < -0.4 is 11.3 Å². The second kappa shape index (κ2) is 5.38. The molecule has 14 heavy (non-hydrogen) atoms. The van der Waals surface area contributed by atoms with Gasteiger partial charge in [0.25, 0.3) is 0 Å². The second-order valence-corrected chi connectivity index (χ2v) is 3.11. The van der Waals surface area contributed by atoms with E-state index in [4.69, 9.17) is 12.3 Å². The molecule has 1 aromatic rings. The monoisotopic (exact) mass is 192 g/mol. The number of rotatable bonds is 4. The largest absolute Gasteiger partial charge is 0.271 e. The zero-order valence-electron chi connectivity index (χ0n) is 7.83. The number of hydrazine groups is 1. The quantitative estimate of drug-likeness (QED) is 0.427. The van der Waals surface area contributed by atoms with Gasteiger partial charge in [-0.15, -0.1) is 12.3 Å². The Morgan fingerprint density at radius 2 is 2.36 bits per heavy atom. The predicted molar refractivity (Wildman–Crippen MR) is 54.7 cm³/mol. The van der Waals surface area contributed by atoms with Crippen LogP contribution in [0.2, 0.25) is 0 Å². The Balaban J connectivity index is 2.63. The minimum absolute atomic E-state index is 0.00167. The highest BCUT2D eigenvalue weighted by Crippen LogP contribution is 2.07. The number of halogens is 1. The maximum atomic E-state index is 12.8. The van der Waals surface area contributed by atoms with Crippen LogP contribution in [0.15, 0.2) is 24.3 Å². The van der Waals surface area contributed by atoms with Crippen LogP contribution in [0.1, 0.15) is 12.0 Å². The highest BCUT2D eigenvalue weighted by Gasteiger charge is 2.06. The minimum Gasteiger partial charge on any atom is -0.271 e. The maximum absolute atomic E-state index is 12.8. The van der Waals surface area contributed by atoms with Crippen molar-refractivity contribution in [3.05, 3.63) is 35.6 Å². The van der Waals surface area contributed by atoms with Gasteiger partial charge in [0.1, 0.15) is 5.82 Å². The van der Waals surface area contributed by atoms with E-state index in [-0.39, 0.29) is 11.9 Å². The third-order valence-electron chi connectivity index (χ3n) is 1.97. The van der Waals surface area contributed by atoms with Crippen LogP contribution in [0.4, 0.5) is 4.39 Å². The minimum atomic E-state index is -0.237. The Labute approximate surface area is 83.3 Å². The van der Waals surface area contributed by atoms with E-state index in [1.807, 2.05) is 6.07 Å². The van der Waals surface area contributed by atoms with Crippen LogP contribution in [0.25, 0.3) is 0 Å². The first-order valence-corrected chi connectivity index (χ1v) is 4.40. The molecule has 0 heterocycles. The fourth-order valence-corrected chi connectivity index (χ4v) is 1.28. The molecule has 0 aliphatic rings. The molecule has 3 heteroatoms. The predicted octanol–water partition coefficient (Wildman–Crippen LogP) is 1.22. The van der Waals surface area contributed by atoms with Gasteiger partial charge in [0.05, 0.1) is 0 Å². The summed E-state index contributed by atoms with van der Waals surface area (Å²) in [6, 6.07) is 6.43. The van der Waals surface area contributed by atoms with Crippen LogP contribution in [0.3, 0.4) is 0 Å². The van der Waals surface area contributed by atoms with E-state index in [1.165, 1.54) is 12.1 Å². The Bertz CT molecular complexity index is 330. The summed E-state index contributed by atoms with van der Waals surface area (Å²) in [4.78, 5) is 0. The molecule has 2 nitrogen and oxygen atoms in total. The van der Waals surface area contributed by atoms with E-state index in [2.05, 4.69) is 11.3 Å². The SMILES string of the molecule is C#CCC(Cc1cccc(F)c1)NN. The summed E-state index contributed by atoms with van der Waals surface area (Å²) in [6.07, 6.45) is 6.34. The fraction of sp³-hybridized carbons (Fsp3) is 0.273. The fourth-order valence-electron chi connectivity index (χ4n) is 1.28. The van der Waals surface area contributed by atoms with Crippen molar-refractivity contribution in [2.24, 2.45) is 5.84 Å². The summed E-state index contributed by atoms with van der Waals surface area (Å²) in [5.41, 5.74) is 3.50. The zero-order chi connectivity index (χ0) is 10.4. The molecule has 0 saturated heterocycles. The van der Waals surface area contributed by atoms with Gasteiger partial charge >= 0.3 is 0 Å². The lowest BCUT2D eigenvalue weighted by Gasteiger charge is -2.12. The average molecular weight is 192 g/mol. The lowest BCUT2D eigenvalue weighted by atomic mass is 10.0. The molecule has 3 N–H and O–H groups in total. The molecule has 1 aromatic carbocycles. The van der Waals surface area contributed by atoms with Crippen LogP contribution in [-0.4, -0.2) is 6.04 Å². The molecule has 0 radical (unpaired) electrons. The van der Waals surface area contributed by atoms with Crippen LogP contribution in [0, 0.1) is 18.2 Å². The molecule has 0 aliphatic heterocycles. The number of nitrogens with two attached hydrogens (primary N) is 1. The number of hydrogen-bond acceptors (Lipinski definition) is 2. The summed E-state index contributed by atoms with van der Waals surface area (Å²) in [5.74, 6) is 7.59. The van der Waals surface area contributed by atoms with Crippen LogP contribution >= 0.6 is 0 Å². The second-order valence-electron chi connectivity index (χ2n) is 3.11. The summed E-state index contributed by atoms with van der Waals surface area (Å²) in [7, 11) is 0. The van der Waals surface area contributed by atoms with Gasteiger partial charge in [0.2, 0.25) is 0 Å². The highest BCUT2D eigenvalue weighted by atomic mass is 19.1. The standard InChI is InChI=1S/C11H13FN2/c1-2-4-11(14-13)8-9-5-3-6-10(12)7-9/h1,3,5-7,11,14H,4,8,13H2. The molecular formula is C11H13FN2. The maximum Gasteiger partial charge on any atom is 0.123 e. The summed E-state index contributed by atoms with van der Waals surface area (Å²) < 4.78 is 12.8. The zero-order valence-corrected chi connectivity index (χ0v) is 7.83. The molecule has 0 bridgehead atoms. The molecule has 0 amide bonds. The molecule has 0 aliphatic carbocycles. The van der Waals surface area contributed by atoms with Crippen molar-refractivity contribution in [3.8, 4) is 12.3 Å². The first kappa shape index (κ1) is 10.7. The Morgan fingerprint density at radius 1 is 1.57 bits per heavy atom. The van der Waals surface area contributed by atoms with E-state index >= 15 is 0 Å². The van der Waals surface area contributed by atoms with Crippen molar-refractivity contribution < 1.29 is 4.39 Å². The third-order valence-corrected chi connectivity index (χ3v) is 1.97. The molecule has 0 saturated carbocycles. The molecular weight excluding hydrogens is 179 g/mol. The summed E-state index contributed by atoms with van der Waals surface area (Å²) in [5, 5.41) is 0. The highest BCUT2D eigenvalue weighted by molar-refractivity contribution is 5.17. The van der Waals surface area contributed by atoms with Crippen LogP contribution in [-0.2, 0) is 6.42 Å². The Hall–Kier alpha value is -1.37. The van der Waals surface area contributed by atoms with E-state index < -0.39 is 0 Å². The van der Waals surface area contributed by atoms with Crippen molar-refractivity contribution in [1.82, 2.24) is 5.43 Å². The Morgan fingerprint density at radius 3 is 2.93 bits per heavy atom. The lowest BCUT2D eigenvalue weighted by molar-refractivity contribution is 0.534. The molecule has 0 fully saturated rings. The van der Waals surface area contributed by atoms with E-state index in [0.29, 0.717) is 12.8 Å². The average Bonchev–Trinajstić information content (AvgIpc) is 2.17. The third kappa shape index (κ3) is 3.17. The van der Waals surface area contributed by atoms with Gasteiger partial charge in [-0.2, -0.15) is 0 Å². The topological polar surface area (TPSA) is 38.0 Å². The van der Waals surface area contributed by atoms with Crippen molar-refractivity contribution in [3.63, 3.8) is 0 Å². The van der Waals surface area contributed by atoms with Crippen molar-refractivity contribution in [2.75, 3.05) is 0 Å². The number of nitrogens with one attached hydrogen (secondary N) is 1. The van der Waals surface area contributed by atoms with Crippen molar-refractivity contribution in [1.29, 1.82) is 0 Å². The first-order valence-electron chi connectivity index (χ1n) is 4.40. The molecule has 1 atom stereocenters. The van der Waals surface area contributed by atoms with E-state index in [9.17, 15) is 4.39 Å². The van der Waals surface area contributed by atoms with Gasteiger partial charge in [-0.1, -0.05) is 12.1 Å². The smallest absolute Gasteiger partial charge is 0.123 e. The summed E-state index contributed by atoms with van der Waals surface area (Å²) >= 11 is 0. The molecule has 1 unspecified atom stereocenters. The van der Waals surface area contributed by atoms with Gasteiger partial charge < -0.3 is 0 Å². The van der Waals surface area contributed by atoms with Crippen LogP contribution in [0.5, 0.6) is 0 Å². The summed E-state index contributed by atoms with van der Waals surface area (Å²) in [6.45, 7) is 0. The number of terminal acetylenes is 1. The van der Waals surface area contributed by atoms with Gasteiger partial charge in [-0.3, -0.25) is 11.3 Å². The molecule has 0 spiro atoms. The molecule has 0 aromatic heterocycles. The Kier molecular flexibility index (Phi) is 4.11. The van der Waals surface area contributed by atoms with Gasteiger partial charge in [-0.05, 0) is 24.1 Å². The van der Waals surface area contributed by atoms with E-state index in [1.54, 1.807) is 6.07 Å². The van der Waals surface area contributed by atoms with Crippen molar-refractivity contribution in [2.45, 2.75) is 18.9 Å². The van der Waals surface area contributed by atoms with Gasteiger partial charge in [-0.25, -0.2) is 4.39 Å². The normalized spacial score (nSPS) is 12.1. The number of benzene rings is 1. The number of hydrogen-bond donors (Lipinski definition) is 2.